The number of hydrogen-bond acceptors (Lipinski definition) is 5. The van der Waals surface area contributed by atoms with Crippen molar-refractivity contribution in [3.8, 4) is 0 Å². The molecule has 0 aromatic carbocycles. The molecule has 0 spiro atoms. The van der Waals surface area contributed by atoms with Gasteiger partial charge in [-0.2, -0.15) is 4.98 Å². The maximum absolute atomic E-state index is 10.1. The molecule has 2 heterocycles. The van der Waals surface area contributed by atoms with E-state index in [1.54, 1.807) is 0 Å². The van der Waals surface area contributed by atoms with Crippen LogP contribution in [-0.2, 0) is 16.6 Å². The topological polar surface area (TPSA) is 68.4 Å². The van der Waals surface area contributed by atoms with Crippen molar-refractivity contribution < 1.29 is 14.4 Å². The maximum Gasteiger partial charge on any atom is 0.229 e. The van der Waals surface area contributed by atoms with Crippen molar-refractivity contribution in [2.24, 2.45) is 0 Å². The fraction of sp³-hybridized carbons (Fsp3) is 0.818. The molecule has 16 heavy (non-hydrogen) atoms. The Kier molecular flexibility index (Phi) is 2.75. The summed E-state index contributed by atoms with van der Waals surface area (Å²) < 4.78 is 10.3. The van der Waals surface area contributed by atoms with E-state index in [2.05, 4.69) is 10.1 Å². The number of aliphatic hydroxyl groups is 1. The SMILES string of the molecule is CC(C)(C)c1noc(CC2(O)CCOC2)n1. The van der Waals surface area contributed by atoms with E-state index in [0.717, 1.165) is 0 Å². The summed E-state index contributed by atoms with van der Waals surface area (Å²) in [7, 11) is 0. The molecular weight excluding hydrogens is 208 g/mol. The van der Waals surface area contributed by atoms with Crippen molar-refractivity contribution in [3.63, 3.8) is 0 Å². The summed E-state index contributed by atoms with van der Waals surface area (Å²) in [5.41, 5.74) is -0.960. The van der Waals surface area contributed by atoms with E-state index in [4.69, 9.17) is 9.26 Å². The fourth-order valence-corrected chi connectivity index (χ4v) is 1.65. The third kappa shape index (κ3) is 2.41. The molecule has 90 valence electrons. The van der Waals surface area contributed by atoms with Crippen molar-refractivity contribution in [3.05, 3.63) is 11.7 Å². The van der Waals surface area contributed by atoms with Crippen LogP contribution in [0.1, 0.15) is 38.9 Å². The molecule has 0 saturated carbocycles. The summed E-state index contributed by atoms with van der Waals surface area (Å²) in [6.07, 6.45) is 0.996. The van der Waals surface area contributed by atoms with Gasteiger partial charge in [-0.15, -0.1) is 0 Å². The molecule has 2 rings (SSSR count). The number of hydrogen-bond donors (Lipinski definition) is 1. The van der Waals surface area contributed by atoms with Gasteiger partial charge in [0.25, 0.3) is 0 Å². The minimum Gasteiger partial charge on any atom is -0.387 e. The van der Waals surface area contributed by atoms with E-state index >= 15 is 0 Å². The average Bonchev–Trinajstić information content (AvgIpc) is 2.74. The minimum absolute atomic E-state index is 0.128. The lowest BCUT2D eigenvalue weighted by molar-refractivity contribution is 0.0207. The largest absolute Gasteiger partial charge is 0.387 e. The molecule has 0 bridgehead atoms. The van der Waals surface area contributed by atoms with E-state index < -0.39 is 5.60 Å². The Morgan fingerprint density at radius 1 is 1.44 bits per heavy atom. The third-order valence-electron chi connectivity index (χ3n) is 2.70. The second kappa shape index (κ2) is 3.82. The van der Waals surface area contributed by atoms with Gasteiger partial charge in [0.05, 0.1) is 18.6 Å². The molecule has 1 fully saturated rings. The fourth-order valence-electron chi connectivity index (χ4n) is 1.65. The molecule has 1 aromatic heterocycles. The highest BCUT2D eigenvalue weighted by Crippen LogP contribution is 2.24. The summed E-state index contributed by atoms with van der Waals surface area (Å²) in [6, 6.07) is 0. The van der Waals surface area contributed by atoms with Gasteiger partial charge in [0.2, 0.25) is 5.89 Å². The summed E-state index contributed by atoms with van der Waals surface area (Å²) in [4.78, 5) is 4.30. The van der Waals surface area contributed by atoms with Gasteiger partial charge >= 0.3 is 0 Å². The summed E-state index contributed by atoms with van der Waals surface area (Å²) in [5, 5.41) is 14.0. The first-order valence-corrected chi connectivity index (χ1v) is 5.52. The Labute approximate surface area is 94.8 Å². The highest BCUT2D eigenvalue weighted by molar-refractivity contribution is 5.02. The predicted molar refractivity (Wildman–Crippen MR) is 57.1 cm³/mol. The van der Waals surface area contributed by atoms with E-state index in [1.807, 2.05) is 20.8 Å². The van der Waals surface area contributed by atoms with Crippen LogP contribution in [0, 0.1) is 0 Å². The lowest BCUT2D eigenvalue weighted by atomic mass is 9.96. The first kappa shape index (κ1) is 11.5. The average molecular weight is 226 g/mol. The maximum atomic E-state index is 10.1. The van der Waals surface area contributed by atoms with Crippen LogP contribution < -0.4 is 0 Å². The Balaban J connectivity index is 2.08. The molecule has 1 aliphatic heterocycles. The number of rotatable bonds is 2. The van der Waals surface area contributed by atoms with Crippen molar-refractivity contribution in [2.75, 3.05) is 13.2 Å². The van der Waals surface area contributed by atoms with Gasteiger partial charge < -0.3 is 14.4 Å². The standard InChI is InChI=1S/C11H18N2O3/c1-10(2,3)9-12-8(16-13-9)6-11(14)4-5-15-7-11/h14H,4-7H2,1-3H3. The summed E-state index contributed by atoms with van der Waals surface area (Å²) in [5.74, 6) is 1.16. The third-order valence-corrected chi connectivity index (χ3v) is 2.70. The zero-order chi connectivity index (χ0) is 11.8. The van der Waals surface area contributed by atoms with Crippen LogP contribution in [-0.4, -0.2) is 34.1 Å². The molecule has 1 unspecified atom stereocenters. The molecule has 5 nitrogen and oxygen atoms in total. The van der Waals surface area contributed by atoms with Crippen LogP contribution >= 0.6 is 0 Å². The van der Waals surface area contributed by atoms with E-state index in [0.29, 0.717) is 37.8 Å². The molecule has 1 atom stereocenters. The molecule has 5 heteroatoms. The zero-order valence-corrected chi connectivity index (χ0v) is 9.99. The van der Waals surface area contributed by atoms with E-state index in [-0.39, 0.29) is 5.41 Å². The van der Waals surface area contributed by atoms with Crippen molar-refractivity contribution in [1.82, 2.24) is 10.1 Å². The Bertz CT molecular complexity index is 362. The quantitative estimate of drug-likeness (QED) is 0.816. The Morgan fingerprint density at radius 2 is 2.19 bits per heavy atom. The van der Waals surface area contributed by atoms with Crippen molar-refractivity contribution >= 4 is 0 Å². The molecule has 1 aromatic rings. The zero-order valence-electron chi connectivity index (χ0n) is 9.99. The van der Waals surface area contributed by atoms with Crippen LogP contribution in [0.25, 0.3) is 0 Å². The number of ether oxygens (including phenoxy) is 1. The molecule has 1 aliphatic rings. The summed E-state index contributed by atoms with van der Waals surface area (Å²) in [6.45, 7) is 7.01. The first-order chi connectivity index (χ1) is 7.39. The van der Waals surface area contributed by atoms with Crippen molar-refractivity contribution in [2.45, 2.75) is 44.6 Å². The van der Waals surface area contributed by atoms with Gasteiger partial charge in [0.1, 0.15) is 0 Å². The Morgan fingerprint density at radius 3 is 2.69 bits per heavy atom. The van der Waals surface area contributed by atoms with Gasteiger partial charge in [-0.05, 0) is 0 Å². The lowest BCUT2D eigenvalue weighted by Gasteiger charge is -2.17. The summed E-state index contributed by atoms with van der Waals surface area (Å²) >= 11 is 0. The van der Waals surface area contributed by atoms with Gasteiger partial charge in [-0.3, -0.25) is 0 Å². The van der Waals surface area contributed by atoms with Crippen LogP contribution in [0.3, 0.4) is 0 Å². The van der Waals surface area contributed by atoms with Gasteiger partial charge in [-0.1, -0.05) is 25.9 Å². The molecule has 0 radical (unpaired) electrons. The Hall–Kier alpha value is -0.940. The molecule has 1 N–H and O–H groups in total. The second-order valence-corrected chi connectivity index (χ2v) is 5.47. The minimum atomic E-state index is -0.832. The van der Waals surface area contributed by atoms with E-state index in [9.17, 15) is 5.11 Å². The number of aromatic nitrogens is 2. The van der Waals surface area contributed by atoms with Gasteiger partial charge in [0.15, 0.2) is 5.82 Å². The molecule has 0 amide bonds. The van der Waals surface area contributed by atoms with Crippen molar-refractivity contribution in [1.29, 1.82) is 0 Å². The monoisotopic (exact) mass is 226 g/mol. The molecule has 1 saturated heterocycles. The number of nitrogens with zero attached hydrogens (tertiary/aromatic N) is 2. The highest BCUT2D eigenvalue weighted by atomic mass is 16.5. The molecular formula is C11H18N2O3. The predicted octanol–water partition coefficient (Wildman–Crippen LogP) is 1.06. The second-order valence-electron chi connectivity index (χ2n) is 5.47. The van der Waals surface area contributed by atoms with Crippen LogP contribution in [0.15, 0.2) is 4.52 Å². The highest BCUT2D eigenvalue weighted by Gasteiger charge is 2.35. The smallest absolute Gasteiger partial charge is 0.229 e. The van der Waals surface area contributed by atoms with Gasteiger partial charge in [-0.25, -0.2) is 0 Å². The molecule has 0 aliphatic carbocycles. The van der Waals surface area contributed by atoms with Crippen LogP contribution in [0.5, 0.6) is 0 Å². The van der Waals surface area contributed by atoms with Gasteiger partial charge in [0, 0.05) is 18.4 Å². The van der Waals surface area contributed by atoms with E-state index in [1.165, 1.54) is 0 Å². The van der Waals surface area contributed by atoms with Crippen LogP contribution in [0.4, 0.5) is 0 Å². The van der Waals surface area contributed by atoms with Crippen LogP contribution in [0.2, 0.25) is 0 Å². The first-order valence-electron chi connectivity index (χ1n) is 5.52. The lowest BCUT2D eigenvalue weighted by Crippen LogP contribution is -2.31. The normalized spacial score (nSPS) is 26.2.